The van der Waals surface area contributed by atoms with E-state index in [-0.39, 0.29) is 16.8 Å². The van der Waals surface area contributed by atoms with Gasteiger partial charge in [-0.1, -0.05) is 0 Å². The Kier molecular flexibility index (Phi) is 5.62. The summed E-state index contributed by atoms with van der Waals surface area (Å²) >= 11 is 0. The zero-order valence-corrected chi connectivity index (χ0v) is 18.4. The number of anilines is 3. The largest absolute Gasteiger partial charge is 0.507 e. The van der Waals surface area contributed by atoms with Gasteiger partial charge in [0.2, 0.25) is 5.95 Å². The highest BCUT2D eigenvalue weighted by atomic mass is 32.2. The van der Waals surface area contributed by atoms with E-state index in [1.165, 1.54) is 12.4 Å². The molecular formula is C21H19N7O4S. The van der Waals surface area contributed by atoms with Crippen molar-refractivity contribution >= 4 is 49.6 Å². The normalized spacial score (nSPS) is 11.8. The third-order valence-corrected chi connectivity index (χ3v) is 5.62. The number of azo groups is 1. The van der Waals surface area contributed by atoms with Gasteiger partial charge in [-0.3, -0.25) is 4.55 Å². The lowest BCUT2D eigenvalue weighted by Crippen LogP contribution is -1.99. The van der Waals surface area contributed by atoms with E-state index in [9.17, 15) is 18.1 Å². The predicted molar refractivity (Wildman–Crippen MR) is 123 cm³/mol. The molecule has 4 rings (SSSR count). The molecule has 33 heavy (non-hydrogen) atoms. The molecule has 0 bridgehead atoms. The highest BCUT2D eigenvalue weighted by Gasteiger charge is 2.18. The summed E-state index contributed by atoms with van der Waals surface area (Å²) in [5.41, 5.74) is 8.48. The van der Waals surface area contributed by atoms with E-state index in [1.807, 2.05) is 0 Å². The Morgan fingerprint density at radius 1 is 1.03 bits per heavy atom. The van der Waals surface area contributed by atoms with Crippen molar-refractivity contribution in [2.45, 2.75) is 18.7 Å². The number of benzene rings is 3. The summed E-state index contributed by atoms with van der Waals surface area (Å²) in [6.07, 6.45) is 1.41. The molecule has 0 fully saturated rings. The van der Waals surface area contributed by atoms with Gasteiger partial charge in [0.1, 0.15) is 23.6 Å². The standard InChI is InChI=1S/C21H19N7O4S/c1-11-7-13-8-16(33(30,31)32)9-17(29)18(13)20(19(11)22)28-27-15-5-3-14(4-6-15)26-21-24-10-23-12(2)25-21/h3-10,29H,22H2,1-2H3,(H,30,31,32)(H,23,24,25,26). The van der Waals surface area contributed by atoms with Crippen LogP contribution >= 0.6 is 0 Å². The molecule has 0 unspecified atom stereocenters. The van der Waals surface area contributed by atoms with Crippen LogP contribution in [-0.2, 0) is 10.1 Å². The number of nitrogens with two attached hydrogens (primary N) is 1. The minimum atomic E-state index is -4.50. The molecule has 3 aromatic carbocycles. The Labute approximate surface area is 188 Å². The van der Waals surface area contributed by atoms with Gasteiger partial charge in [0.15, 0.2) is 0 Å². The first-order chi connectivity index (χ1) is 15.6. The van der Waals surface area contributed by atoms with Gasteiger partial charge < -0.3 is 16.2 Å². The van der Waals surface area contributed by atoms with E-state index in [4.69, 9.17) is 5.73 Å². The molecule has 0 aliphatic heterocycles. The number of aromatic hydroxyl groups is 1. The van der Waals surface area contributed by atoms with Crippen LogP contribution in [0.25, 0.3) is 10.8 Å². The van der Waals surface area contributed by atoms with E-state index in [0.717, 1.165) is 11.8 Å². The zero-order chi connectivity index (χ0) is 23.8. The van der Waals surface area contributed by atoms with Crippen LogP contribution < -0.4 is 11.1 Å². The molecule has 0 amide bonds. The number of hydrogen-bond donors (Lipinski definition) is 4. The first kappa shape index (κ1) is 22.0. The minimum Gasteiger partial charge on any atom is -0.507 e. The Bertz CT molecular complexity index is 1500. The number of phenols is 1. The molecule has 12 heteroatoms. The first-order valence-corrected chi connectivity index (χ1v) is 11.0. The summed E-state index contributed by atoms with van der Waals surface area (Å²) in [6.45, 7) is 3.48. The molecule has 0 saturated carbocycles. The number of nitrogen functional groups attached to an aromatic ring is 1. The number of nitrogens with zero attached hydrogens (tertiary/aromatic N) is 5. The van der Waals surface area contributed by atoms with Crippen LogP contribution in [0, 0.1) is 13.8 Å². The fourth-order valence-corrected chi connectivity index (χ4v) is 3.70. The Morgan fingerprint density at radius 3 is 2.42 bits per heavy atom. The van der Waals surface area contributed by atoms with Gasteiger partial charge in [-0.05, 0) is 61.2 Å². The summed E-state index contributed by atoms with van der Waals surface area (Å²) in [4.78, 5) is 11.7. The smallest absolute Gasteiger partial charge is 0.294 e. The molecule has 168 valence electrons. The first-order valence-electron chi connectivity index (χ1n) is 9.59. The molecular weight excluding hydrogens is 446 g/mol. The number of rotatable bonds is 5. The third-order valence-electron chi connectivity index (χ3n) is 4.79. The van der Waals surface area contributed by atoms with E-state index in [2.05, 4.69) is 30.5 Å². The van der Waals surface area contributed by atoms with Crippen LogP contribution in [0.3, 0.4) is 0 Å². The van der Waals surface area contributed by atoms with Gasteiger partial charge in [0, 0.05) is 11.8 Å². The molecule has 0 aliphatic rings. The second-order valence-corrected chi connectivity index (χ2v) is 8.62. The van der Waals surface area contributed by atoms with Gasteiger partial charge in [0.25, 0.3) is 10.1 Å². The quantitative estimate of drug-likeness (QED) is 0.190. The van der Waals surface area contributed by atoms with E-state index < -0.39 is 20.8 Å². The fraction of sp³-hybridized carbons (Fsp3) is 0.0952. The molecule has 1 heterocycles. The van der Waals surface area contributed by atoms with Crippen molar-refractivity contribution in [3.8, 4) is 5.75 Å². The van der Waals surface area contributed by atoms with Crippen molar-refractivity contribution in [2.24, 2.45) is 10.2 Å². The van der Waals surface area contributed by atoms with E-state index in [0.29, 0.717) is 28.4 Å². The molecule has 0 saturated heterocycles. The second kappa shape index (κ2) is 8.41. The van der Waals surface area contributed by atoms with Crippen LogP contribution in [0.5, 0.6) is 5.75 Å². The summed E-state index contributed by atoms with van der Waals surface area (Å²) in [5.74, 6) is 0.608. The molecule has 11 nitrogen and oxygen atoms in total. The van der Waals surface area contributed by atoms with Crippen molar-refractivity contribution in [3.05, 3.63) is 60.2 Å². The van der Waals surface area contributed by atoms with Crippen molar-refractivity contribution < 1.29 is 18.1 Å². The number of fused-ring (bicyclic) bond motifs is 1. The SMILES string of the molecule is Cc1ncnc(Nc2ccc(N=Nc3c(N)c(C)cc4cc(S(=O)(=O)O)cc(O)c34)cc2)n1. The molecule has 0 aliphatic carbocycles. The van der Waals surface area contributed by atoms with Gasteiger partial charge >= 0.3 is 0 Å². The summed E-state index contributed by atoms with van der Waals surface area (Å²) in [5, 5.41) is 22.5. The topological polar surface area (TPSA) is 176 Å². The number of aromatic nitrogens is 3. The average Bonchev–Trinajstić information content (AvgIpc) is 2.74. The Morgan fingerprint density at radius 2 is 1.76 bits per heavy atom. The van der Waals surface area contributed by atoms with Crippen molar-refractivity contribution in [3.63, 3.8) is 0 Å². The summed E-state index contributed by atoms with van der Waals surface area (Å²) < 4.78 is 32.3. The van der Waals surface area contributed by atoms with Crippen molar-refractivity contribution in [2.75, 3.05) is 11.1 Å². The Balaban J connectivity index is 1.68. The summed E-state index contributed by atoms with van der Waals surface area (Å²) in [6, 6.07) is 10.7. The van der Waals surface area contributed by atoms with Crippen LogP contribution in [0.4, 0.5) is 28.7 Å². The number of hydrogen-bond acceptors (Lipinski definition) is 10. The van der Waals surface area contributed by atoms with Crippen molar-refractivity contribution in [1.82, 2.24) is 15.0 Å². The fourth-order valence-electron chi connectivity index (χ4n) is 3.17. The molecule has 1 aromatic heterocycles. The molecule has 0 radical (unpaired) electrons. The highest BCUT2D eigenvalue weighted by Crippen LogP contribution is 2.42. The maximum Gasteiger partial charge on any atom is 0.294 e. The number of aryl methyl sites for hydroxylation is 2. The molecule has 0 spiro atoms. The lowest BCUT2D eigenvalue weighted by molar-refractivity contribution is 0.471. The maximum absolute atomic E-state index is 11.5. The van der Waals surface area contributed by atoms with Gasteiger partial charge in [-0.15, -0.1) is 5.11 Å². The number of nitrogens with one attached hydrogen (secondary N) is 1. The predicted octanol–water partition coefficient (Wildman–Crippen LogP) is 4.34. The van der Waals surface area contributed by atoms with Crippen molar-refractivity contribution in [1.29, 1.82) is 0 Å². The lowest BCUT2D eigenvalue weighted by atomic mass is 10.0. The number of phenolic OH excluding ortho intramolecular Hbond substituents is 1. The molecule has 0 atom stereocenters. The van der Waals surface area contributed by atoms with Gasteiger partial charge in [-0.2, -0.15) is 18.5 Å². The van der Waals surface area contributed by atoms with Gasteiger partial charge in [-0.25, -0.2) is 9.97 Å². The highest BCUT2D eigenvalue weighted by molar-refractivity contribution is 7.85. The van der Waals surface area contributed by atoms with E-state index >= 15 is 0 Å². The van der Waals surface area contributed by atoms with Crippen LogP contribution in [0.1, 0.15) is 11.4 Å². The summed E-state index contributed by atoms with van der Waals surface area (Å²) in [7, 11) is -4.50. The lowest BCUT2D eigenvalue weighted by Gasteiger charge is -2.11. The van der Waals surface area contributed by atoms with Gasteiger partial charge in [0.05, 0.1) is 21.7 Å². The molecule has 5 N–H and O–H groups in total. The molecule has 4 aromatic rings. The van der Waals surface area contributed by atoms with Crippen LogP contribution in [0.2, 0.25) is 0 Å². The zero-order valence-electron chi connectivity index (χ0n) is 17.6. The monoisotopic (exact) mass is 465 g/mol. The van der Waals surface area contributed by atoms with E-state index in [1.54, 1.807) is 44.2 Å². The van der Waals surface area contributed by atoms with Crippen LogP contribution in [-0.4, -0.2) is 33.0 Å². The maximum atomic E-state index is 11.5. The second-order valence-electron chi connectivity index (χ2n) is 7.20. The average molecular weight is 465 g/mol. The minimum absolute atomic E-state index is 0.187. The van der Waals surface area contributed by atoms with Crippen LogP contribution in [0.15, 0.2) is 63.9 Å². The Hall–Kier alpha value is -4.16. The third kappa shape index (κ3) is 4.71.